The van der Waals surface area contributed by atoms with E-state index >= 15 is 0 Å². The maximum absolute atomic E-state index is 12.3. The molecule has 0 atom stereocenters. The second-order valence-electron chi connectivity index (χ2n) is 4.63. The predicted molar refractivity (Wildman–Crippen MR) is 84.7 cm³/mol. The van der Waals surface area contributed by atoms with Crippen molar-refractivity contribution in [1.82, 2.24) is 19.7 Å². The van der Waals surface area contributed by atoms with Crippen LogP contribution in [0.1, 0.15) is 17.4 Å². The number of rotatable bonds is 5. The van der Waals surface area contributed by atoms with E-state index in [4.69, 9.17) is 4.74 Å². The Bertz CT molecular complexity index is 784. The van der Waals surface area contributed by atoms with E-state index < -0.39 is 0 Å². The van der Waals surface area contributed by atoms with Crippen LogP contribution in [0.15, 0.2) is 55.1 Å². The first kappa shape index (κ1) is 14.7. The van der Waals surface area contributed by atoms with Crippen LogP contribution in [0.5, 0.6) is 5.75 Å². The third-order valence-corrected chi connectivity index (χ3v) is 3.09. The van der Waals surface area contributed by atoms with Crippen molar-refractivity contribution in [2.24, 2.45) is 0 Å². The number of nitrogens with one attached hydrogen (secondary N) is 1. The minimum atomic E-state index is -0.346. The molecule has 0 bridgehead atoms. The number of amides is 1. The molecule has 1 amide bonds. The lowest BCUT2D eigenvalue weighted by Crippen LogP contribution is -2.15. The maximum Gasteiger partial charge on any atom is 0.276 e. The minimum Gasteiger partial charge on any atom is -0.492 e. The number of carbonyl (C=O) groups is 1. The fraction of sp³-hybridized carbons (Fsp3) is 0.125. The summed E-state index contributed by atoms with van der Waals surface area (Å²) in [5.41, 5.74) is 0.819. The maximum atomic E-state index is 12.3. The van der Waals surface area contributed by atoms with Gasteiger partial charge in [-0.3, -0.25) is 9.36 Å². The summed E-state index contributed by atoms with van der Waals surface area (Å²) in [6.45, 7) is 2.41. The SMILES string of the molecule is CCOc1ccccc1NC(=O)c1ccc(-n2ccnc2)nn1. The fourth-order valence-electron chi connectivity index (χ4n) is 2.02. The first-order chi connectivity index (χ1) is 11.3. The quantitative estimate of drug-likeness (QED) is 0.782. The van der Waals surface area contributed by atoms with E-state index in [9.17, 15) is 4.79 Å². The molecule has 0 aliphatic heterocycles. The molecule has 3 rings (SSSR count). The summed E-state index contributed by atoms with van der Waals surface area (Å²) in [5.74, 6) is 0.863. The van der Waals surface area contributed by atoms with Crippen molar-refractivity contribution in [3.63, 3.8) is 0 Å². The van der Waals surface area contributed by atoms with Gasteiger partial charge in [0.05, 0.1) is 12.3 Å². The number of aromatic nitrogens is 4. The summed E-state index contributed by atoms with van der Waals surface area (Å²) in [6, 6.07) is 10.6. The normalized spacial score (nSPS) is 10.3. The first-order valence-corrected chi connectivity index (χ1v) is 7.13. The van der Waals surface area contributed by atoms with E-state index in [1.807, 2.05) is 19.1 Å². The summed E-state index contributed by atoms with van der Waals surface area (Å²) in [4.78, 5) is 16.2. The Balaban J connectivity index is 1.76. The van der Waals surface area contributed by atoms with Crippen LogP contribution in [0.25, 0.3) is 5.82 Å². The number of hydrogen-bond donors (Lipinski definition) is 1. The molecule has 0 aliphatic carbocycles. The molecular formula is C16H15N5O2. The highest BCUT2D eigenvalue weighted by Crippen LogP contribution is 2.24. The number of ether oxygens (including phenoxy) is 1. The van der Waals surface area contributed by atoms with Crippen molar-refractivity contribution in [1.29, 1.82) is 0 Å². The van der Waals surface area contributed by atoms with E-state index in [0.717, 1.165) is 0 Å². The molecule has 23 heavy (non-hydrogen) atoms. The van der Waals surface area contributed by atoms with Crippen LogP contribution in [0.3, 0.4) is 0 Å². The molecule has 116 valence electrons. The van der Waals surface area contributed by atoms with Crippen molar-refractivity contribution in [3.05, 3.63) is 60.8 Å². The molecule has 2 aromatic heterocycles. The Morgan fingerprint density at radius 2 is 2.09 bits per heavy atom. The molecule has 2 heterocycles. The molecule has 0 saturated heterocycles. The second kappa shape index (κ2) is 6.69. The van der Waals surface area contributed by atoms with Crippen LogP contribution in [0.2, 0.25) is 0 Å². The van der Waals surface area contributed by atoms with Gasteiger partial charge in [0.2, 0.25) is 0 Å². The number of benzene rings is 1. The Morgan fingerprint density at radius 3 is 2.78 bits per heavy atom. The van der Waals surface area contributed by atoms with Gasteiger partial charge in [-0.1, -0.05) is 12.1 Å². The zero-order chi connectivity index (χ0) is 16.1. The van der Waals surface area contributed by atoms with E-state index in [0.29, 0.717) is 23.9 Å². The molecule has 1 N–H and O–H groups in total. The van der Waals surface area contributed by atoms with Gasteiger partial charge in [0.25, 0.3) is 5.91 Å². The van der Waals surface area contributed by atoms with Gasteiger partial charge < -0.3 is 10.1 Å². The number of para-hydroxylation sites is 2. The summed E-state index contributed by atoms with van der Waals surface area (Å²) in [5, 5.41) is 10.8. The third-order valence-electron chi connectivity index (χ3n) is 3.09. The fourth-order valence-corrected chi connectivity index (χ4v) is 2.02. The van der Waals surface area contributed by atoms with Crippen molar-refractivity contribution in [2.75, 3.05) is 11.9 Å². The van der Waals surface area contributed by atoms with Crippen LogP contribution < -0.4 is 10.1 Å². The molecule has 0 radical (unpaired) electrons. The Kier molecular flexibility index (Phi) is 4.28. The molecule has 0 fully saturated rings. The lowest BCUT2D eigenvalue weighted by Gasteiger charge is -2.10. The van der Waals surface area contributed by atoms with Crippen LogP contribution in [0, 0.1) is 0 Å². The number of carbonyl (C=O) groups excluding carboxylic acids is 1. The number of imidazole rings is 1. The molecule has 1 aromatic carbocycles. The minimum absolute atomic E-state index is 0.222. The molecular weight excluding hydrogens is 294 g/mol. The van der Waals surface area contributed by atoms with E-state index in [1.54, 1.807) is 47.6 Å². The van der Waals surface area contributed by atoms with E-state index in [2.05, 4.69) is 20.5 Å². The summed E-state index contributed by atoms with van der Waals surface area (Å²) in [6.07, 6.45) is 5.01. The van der Waals surface area contributed by atoms with Gasteiger partial charge in [-0.05, 0) is 31.2 Å². The molecule has 7 nitrogen and oxygen atoms in total. The molecule has 0 unspecified atom stereocenters. The van der Waals surface area contributed by atoms with Gasteiger partial charge in [0, 0.05) is 12.4 Å². The predicted octanol–water partition coefficient (Wildman–Crippen LogP) is 2.31. The summed E-state index contributed by atoms with van der Waals surface area (Å²) < 4.78 is 7.19. The van der Waals surface area contributed by atoms with Gasteiger partial charge in [0.15, 0.2) is 11.5 Å². The molecule has 0 saturated carbocycles. The van der Waals surface area contributed by atoms with Crippen LogP contribution in [-0.2, 0) is 0 Å². The first-order valence-electron chi connectivity index (χ1n) is 7.13. The van der Waals surface area contributed by atoms with Gasteiger partial charge in [-0.15, -0.1) is 10.2 Å². The number of hydrogen-bond acceptors (Lipinski definition) is 5. The highest BCUT2D eigenvalue weighted by molar-refractivity contribution is 6.03. The standard InChI is InChI=1S/C16H15N5O2/c1-2-23-14-6-4-3-5-12(14)18-16(22)13-7-8-15(20-19-13)21-10-9-17-11-21/h3-11H,2H2,1H3,(H,18,22). The van der Waals surface area contributed by atoms with Gasteiger partial charge >= 0.3 is 0 Å². The van der Waals surface area contributed by atoms with Crippen molar-refractivity contribution in [3.8, 4) is 11.6 Å². The van der Waals surface area contributed by atoms with Crippen LogP contribution in [0.4, 0.5) is 5.69 Å². The van der Waals surface area contributed by atoms with Crippen LogP contribution in [-0.4, -0.2) is 32.3 Å². The van der Waals surface area contributed by atoms with E-state index in [-0.39, 0.29) is 11.6 Å². The van der Waals surface area contributed by atoms with Crippen molar-refractivity contribution < 1.29 is 9.53 Å². The zero-order valence-electron chi connectivity index (χ0n) is 12.5. The molecule has 3 aromatic rings. The van der Waals surface area contributed by atoms with Crippen molar-refractivity contribution in [2.45, 2.75) is 6.92 Å². The summed E-state index contributed by atoms with van der Waals surface area (Å²) >= 11 is 0. The lowest BCUT2D eigenvalue weighted by molar-refractivity contribution is 0.102. The van der Waals surface area contributed by atoms with Gasteiger partial charge in [0.1, 0.15) is 12.1 Å². The van der Waals surface area contributed by atoms with Crippen molar-refractivity contribution >= 4 is 11.6 Å². The topological polar surface area (TPSA) is 81.9 Å². The number of anilines is 1. The average molecular weight is 309 g/mol. The monoisotopic (exact) mass is 309 g/mol. The highest BCUT2D eigenvalue weighted by atomic mass is 16.5. The second-order valence-corrected chi connectivity index (χ2v) is 4.63. The Labute approximate surface area is 133 Å². The molecule has 7 heteroatoms. The lowest BCUT2D eigenvalue weighted by atomic mass is 10.2. The average Bonchev–Trinajstić information content (AvgIpc) is 3.11. The van der Waals surface area contributed by atoms with Crippen LogP contribution >= 0.6 is 0 Å². The van der Waals surface area contributed by atoms with Gasteiger partial charge in [-0.2, -0.15) is 0 Å². The molecule has 0 spiro atoms. The zero-order valence-corrected chi connectivity index (χ0v) is 12.5. The van der Waals surface area contributed by atoms with E-state index in [1.165, 1.54) is 0 Å². The Hall–Kier alpha value is -3.22. The Morgan fingerprint density at radius 1 is 1.22 bits per heavy atom. The molecule has 0 aliphatic rings. The summed E-state index contributed by atoms with van der Waals surface area (Å²) in [7, 11) is 0. The smallest absolute Gasteiger partial charge is 0.276 e. The van der Waals surface area contributed by atoms with Gasteiger partial charge in [-0.25, -0.2) is 4.98 Å². The highest BCUT2D eigenvalue weighted by Gasteiger charge is 2.11. The largest absolute Gasteiger partial charge is 0.492 e. The third kappa shape index (κ3) is 3.34. The number of nitrogens with zero attached hydrogens (tertiary/aromatic N) is 4.